The van der Waals surface area contributed by atoms with Crippen molar-refractivity contribution in [1.82, 2.24) is 10.2 Å². The third-order valence-corrected chi connectivity index (χ3v) is 7.78. The summed E-state index contributed by atoms with van der Waals surface area (Å²) in [5.74, 6) is -0.891. The number of sulfonamides is 1. The molecule has 0 bridgehead atoms. The van der Waals surface area contributed by atoms with Gasteiger partial charge in [-0.25, -0.2) is 8.42 Å². The van der Waals surface area contributed by atoms with Crippen molar-refractivity contribution in [2.45, 2.75) is 65.1 Å². The van der Waals surface area contributed by atoms with Crippen molar-refractivity contribution in [3.8, 4) is 0 Å². The number of hydrogen-bond donors (Lipinski definition) is 1. The summed E-state index contributed by atoms with van der Waals surface area (Å²) in [7, 11) is -3.99. The smallest absolute Gasteiger partial charge is 0.271 e. The molecule has 200 valence electrons. The molecule has 0 aromatic heterocycles. The van der Waals surface area contributed by atoms with Crippen molar-refractivity contribution >= 4 is 33.2 Å². The standard InChI is InChI=1S/C26H34N4O6S/c1-18-8-7-9-21(14-18)16-28(20(3)26(32)27-22-10-5-6-11-22)25(31)17-29(37(4,35)36)24-15-23(30(33)34)13-12-19(24)2/h7-9,12-15,20,22H,5-6,10-11,16-17H2,1-4H3,(H,27,32). The summed E-state index contributed by atoms with van der Waals surface area (Å²) in [5.41, 5.74) is 2.00. The van der Waals surface area contributed by atoms with Crippen molar-refractivity contribution in [2.24, 2.45) is 0 Å². The van der Waals surface area contributed by atoms with Crippen LogP contribution in [-0.2, 0) is 26.2 Å². The number of nitro groups is 1. The number of rotatable bonds is 10. The molecule has 1 fully saturated rings. The number of nitro benzene ring substituents is 1. The Morgan fingerprint density at radius 3 is 2.41 bits per heavy atom. The van der Waals surface area contributed by atoms with E-state index < -0.39 is 33.4 Å². The van der Waals surface area contributed by atoms with Gasteiger partial charge in [0.15, 0.2) is 0 Å². The topological polar surface area (TPSA) is 130 Å². The molecule has 10 nitrogen and oxygen atoms in total. The molecule has 37 heavy (non-hydrogen) atoms. The number of nitrogens with one attached hydrogen (secondary N) is 1. The van der Waals surface area contributed by atoms with Crippen molar-refractivity contribution in [2.75, 3.05) is 17.1 Å². The summed E-state index contributed by atoms with van der Waals surface area (Å²) in [4.78, 5) is 38.9. The van der Waals surface area contributed by atoms with E-state index in [4.69, 9.17) is 0 Å². The first-order valence-electron chi connectivity index (χ1n) is 12.2. The molecule has 0 spiro atoms. The third-order valence-electron chi connectivity index (χ3n) is 6.66. The van der Waals surface area contributed by atoms with E-state index in [0.29, 0.717) is 5.56 Å². The molecule has 1 aliphatic rings. The molecule has 1 saturated carbocycles. The first-order chi connectivity index (χ1) is 17.4. The molecule has 3 rings (SSSR count). The first-order valence-corrected chi connectivity index (χ1v) is 14.1. The molecular formula is C26H34N4O6S. The van der Waals surface area contributed by atoms with Crippen LogP contribution in [0.1, 0.15) is 49.3 Å². The molecule has 0 heterocycles. The average molecular weight is 531 g/mol. The number of nitrogens with zero attached hydrogens (tertiary/aromatic N) is 3. The van der Waals surface area contributed by atoms with Crippen LogP contribution in [0.3, 0.4) is 0 Å². The van der Waals surface area contributed by atoms with Gasteiger partial charge in [-0.15, -0.1) is 0 Å². The Kier molecular flexibility index (Phi) is 8.90. The van der Waals surface area contributed by atoms with Crippen LogP contribution in [0.2, 0.25) is 0 Å². The molecule has 2 amide bonds. The summed E-state index contributed by atoms with van der Waals surface area (Å²) >= 11 is 0. The number of aryl methyl sites for hydroxylation is 2. The molecular weight excluding hydrogens is 496 g/mol. The molecule has 1 unspecified atom stereocenters. The maximum Gasteiger partial charge on any atom is 0.271 e. The van der Waals surface area contributed by atoms with Gasteiger partial charge in [0.25, 0.3) is 5.69 Å². The van der Waals surface area contributed by atoms with E-state index >= 15 is 0 Å². The summed E-state index contributed by atoms with van der Waals surface area (Å²) in [6, 6.07) is 10.6. The Bertz CT molecular complexity index is 1270. The predicted octanol–water partition coefficient (Wildman–Crippen LogP) is 3.45. The van der Waals surface area contributed by atoms with Crippen LogP contribution in [0.4, 0.5) is 11.4 Å². The zero-order chi connectivity index (χ0) is 27.3. The van der Waals surface area contributed by atoms with Gasteiger partial charge in [0, 0.05) is 24.7 Å². The lowest BCUT2D eigenvalue weighted by Gasteiger charge is -2.32. The zero-order valence-corrected chi connectivity index (χ0v) is 22.5. The zero-order valence-electron chi connectivity index (χ0n) is 21.6. The summed E-state index contributed by atoms with van der Waals surface area (Å²) in [6.07, 6.45) is 4.80. The minimum absolute atomic E-state index is 0.0450. The number of carbonyl (C=O) groups is 2. The highest BCUT2D eigenvalue weighted by atomic mass is 32.2. The molecule has 2 aromatic rings. The van der Waals surface area contributed by atoms with Crippen molar-refractivity contribution in [3.63, 3.8) is 0 Å². The Hall–Kier alpha value is -3.47. The van der Waals surface area contributed by atoms with Gasteiger partial charge in [-0.05, 0) is 44.7 Å². The Labute approximate surface area is 217 Å². The summed E-state index contributed by atoms with van der Waals surface area (Å²) in [6.45, 7) is 4.66. The fourth-order valence-corrected chi connectivity index (χ4v) is 5.46. The van der Waals surface area contributed by atoms with E-state index in [-0.39, 0.29) is 29.9 Å². The molecule has 1 aliphatic carbocycles. The molecule has 0 radical (unpaired) electrons. The Morgan fingerprint density at radius 2 is 1.81 bits per heavy atom. The van der Waals surface area contributed by atoms with E-state index in [1.54, 1.807) is 13.8 Å². The number of amides is 2. The molecule has 1 N–H and O–H groups in total. The summed E-state index contributed by atoms with van der Waals surface area (Å²) < 4.78 is 26.4. The quantitative estimate of drug-likeness (QED) is 0.370. The van der Waals surface area contributed by atoms with Gasteiger partial charge in [0.05, 0.1) is 16.9 Å². The number of hydrogen-bond acceptors (Lipinski definition) is 6. The van der Waals surface area contributed by atoms with Crippen LogP contribution >= 0.6 is 0 Å². The Morgan fingerprint density at radius 1 is 1.14 bits per heavy atom. The highest BCUT2D eigenvalue weighted by Gasteiger charge is 2.32. The van der Waals surface area contributed by atoms with E-state index in [9.17, 15) is 28.1 Å². The number of benzene rings is 2. The van der Waals surface area contributed by atoms with E-state index in [1.807, 2.05) is 31.2 Å². The van der Waals surface area contributed by atoms with Crippen LogP contribution in [0.15, 0.2) is 42.5 Å². The molecule has 0 saturated heterocycles. The molecule has 0 aliphatic heterocycles. The van der Waals surface area contributed by atoms with Crippen LogP contribution in [0.25, 0.3) is 0 Å². The van der Waals surface area contributed by atoms with Gasteiger partial charge in [-0.1, -0.05) is 48.7 Å². The van der Waals surface area contributed by atoms with Gasteiger partial charge in [-0.3, -0.25) is 24.0 Å². The minimum atomic E-state index is -3.99. The van der Waals surface area contributed by atoms with E-state index in [2.05, 4.69) is 5.32 Å². The van der Waals surface area contributed by atoms with Crippen LogP contribution in [0, 0.1) is 24.0 Å². The van der Waals surface area contributed by atoms with E-state index in [1.165, 1.54) is 17.0 Å². The largest absolute Gasteiger partial charge is 0.352 e. The second kappa shape index (κ2) is 11.7. The molecule has 11 heteroatoms. The lowest BCUT2D eigenvalue weighted by atomic mass is 10.1. The van der Waals surface area contributed by atoms with Crippen LogP contribution < -0.4 is 9.62 Å². The Balaban J connectivity index is 1.94. The first kappa shape index (κ1) is 28.1. The van der Waals surface area contributed by atoms with Gasteiger partial charge in [0.1, 0.15) is 12.6 Å². The van der Waals surface area contributed by atoms with Gasteiger partial charge in [0.2, 0.25) is 21.8 Å². The van der Waals surface area contributed by atoms with Gasteiger partial charge in [-0.2, -0.15) is 0 Å². The molecule has 2 aromatic carbocycles. The minimum Gasteiger partial charge on any atom is -0.352 e. The summed E-state index contributed by atoms with van der Waals surface area (Å²) in [5, 5.41) is 14.3. The van der Waals surface area contributed by atoms with Crippen molar-refractivity contribution < 1.29 is 22.9 Å². The lowest BCUT2D eigenvalue weighted by molar-refractivity contribution is -0.384. The van der Waals surface area contributed by atoms with Crippen molar-refractivity contribution in [1.29, 1.82) is 0 Å². The highest BCUT2D eigenvalue weighted by Crippen LogP contribution is 2.28. The SMILES string of the molecule is Cc1cccc(CN(C(=O)CN(c2cc([N+](=O)[O-])ccc2C)S(C)(=O)=O)C(C)C(=O)NC2CCCC2)c1. The fraction of sp³-hybridized carbons (Fsp3) is 0.462. The van der Waals surface area contributed by atoms with Gasteiger partial charge >= 0.3 is 0 Å². The highest BCUT2D eigenvalue weighted by molar-refractivity contribution is 7.92. The third kappa shape index (κ3) is 7.28. The normalized spacial score (nSPS) is 14.7. The number of non-ortho nitro benzene ring substituents is 1. The second-order valence-corrected chi connectivity index (χ2v) is 11.6. The fourth-order valence-electron chi connectivity index (χ4n) is 4.56. The molecule has 1 atom stereocenters. The predicted molar refractivity (Wildman–Crippen MR) is 142 cm³/mol. The maximum absolute atomic E-state index is 13.7. The lowest BCUT2D eigenvalue weighted by Crippen LogP contribution is -2.52. The van der Waals surface area contributed by atoms with E-state index in [0.717, 1.165) is 53.4 Å². The number of anilines is 1. The second-order valence-electron chi connectivity index (χ2n) is 9.67. The van der Waals surface area contributed by atoms with Crippen LogP contribution in [-0.4, -0.2) is 54.9 Å². The van der Waals surface area contributed by atoms with Gasteiger partial charge < -0.3 is 10.2 Å². The monoisotopic (exact) mass is 530 g/mol. The number of carbonyl (C=O) groups excluding carboxylic acids is 2. The van der Waals surface area contributed by atoms with Crippen molar-refractivity contribution in [3.05, 3.63) is 69.3 Å². The average Bonchev–Trinajstić information content (AvgIpc) is 3.33. The van der Waals surface area contributed by atoms with Crippen LogP contribution in [0.5, 0.6) is 0 Å². The maximum atomic E-state index is 13.7.